The Labute approximate surface area is 344 Å². The van der Waals surface area contributed by atoms with E-state index in [4.69, 9.17) is 33.2 Å². The van der Waals surface area contributed by atoms with Gasteiger partial charge in [-0.1, -0.05) is 62.4 Å². The summed E-state index contributed by atoms with van der Waals surface area (Å²) in [7, 11) is 7.36. The van der Waals surface area contributed by atoms with Gasteiger partial charge in [0.05, 0.1) is 41.6 Å². The summed E-state index contributed by atoms with van der Waals surface area (Å²) in [5.41, 5.74) is 0.542. The summed E-state index contributed by atoms with van der Waals surface area (Å²) < 4.78 is 43.5. The molecule has 9 atom stereocenters. The zero-order valence-electron chi connectivity index (χ0n) is 36.1. The van der Waals surface area contributed by atoms with Crippen LogP contribution >= 0.6 is 0 Å². The van der Waals surface area contributed by atoms with Crippen LogP contribution < -0.4 is 5.32 Å². The molecule has 0 bridgehead atoms. The number of aliphatic hydroxyl groups is 1. The Morgan fingerprint density at radius 1 is 1.03 bits per heavy atom. The maximum atomic E-state index is 13.6. The molecule has 14 heteroatoms. The van der Waals surface area contributed by atoms with Crippen molar-refractivity contribution in [2.24, 2.45) is 11.8 Å². The molecular formula is C44H65N3O11. The number of hydrogen-bond donors (Lipinski definition) is 2. The number of likely N-dealkylation sites (N-methyl/N-ethyl adjacent to an activating group) is 2. The van der Waals surface area contributed by atoms with Gasteiger partial charge in [0.25, 0.3) is 0 Å². The van der Waals surface area contributed by atoms with Crippen LogP contribution in [0.25, 0.3) is 0 Å². The van der Waals surface area contributed by atoms with Crippen molar-refractivity contribution in [3.8, 4) is 0 Å². The zero-order chi connectivity index (χ0) is 42.8. The van der Waals surface area contributed by atoms with E-state index >= 15 is 0 Å². The molecule has 2 N–H and O–H groups in total. The molecule has 0 aliphatic carbocycles. The maximum Gasteiger partial charge on any atom is 0.407 e. The van der Waals surface area contributed by atoms with Crippen LogP contribution in [0.3, 0.4) is 0 Å². The van der Waals surface area contributed by atoms with E-state index in [9.17, 15) is 19.5 Å². The summed E-state index contributed by atoms with van der Waals surface area (Å²) in [6, 6.07) is 17.5. The Bertz CT molecular complexity index is 1670. The number of methoxy groups -OCH3 is 1. The topological polar surface area (TPSA) is 155 Å². The maximum absolute atomic E-state index is 13.6. The largest absolute Gasteiger partial charge is 0.456 e. The summed E-state index contributed by atoms with van der Waals surface area (Å²) in [6.45, 7) is 13.5. The highest BCUT2D eigenvalue weighted by molar-refractivity contribution is 5.90. The van der Waals surface area contributed by atoms with Gasteiger partial charge in [0, 0.05) is 46.0 Å². The first kappa shape index (κ1) is 46.6. The van der Waals surface area contributed by atoms with Crippen molar-refractivity contribution in [2.75, 3.05) is 47.9 Å². The summed E-state index contributed by atoms with van der Waals surface area (Å²) in [5.74, 6) is -2.47. The summed E-state index contributed by atoms with van der Waals surface area (Å²) >= 11 is 0. The second kappa shape index (κ2) is 20.8. The van der Waals surface area contributed by atoms with E-state index in [2.05, 4.69) is 12.2 Å². The van der Waals surface area contributed by atoms with Crippen LogP contribution in [0.5, 0.6) is 0 Å². The fourth-order valence-electron chi connectivity index (χ4n) is 7.85. The monoisotopic (exact) mass is 811 g/mol. The summed E-state index contributed by atoms with van der Waals surface area (Å²) in [4.78, 5) is 43.2. The van der Waals surface area contributed by atoms with Gasteiger partial charge in [-0.25, -0.2) is 14.4 Å². The minimum absolute atomic E-state index is 0.0523. The molecule has 322 valence electrons. The number of cyclic esters (lactones) is 1. The molecule has 0 saturated carbocycles. The van der Waals surface area contributed by atoms with Gasteiger partial charge in [-0.15, -0.1) is 0 Å². The number of rotatable bonds is 19. The predicted octanol–water partition coefficient (Wildman–Crippen LogP) is 5.53. The Balaban J connectivity index is 1.60. The Morgan fingerprint density at radius 3 is 2.28 bits per heavy atom. The number of benzene rings is 2. The van der Waals surface area contributed by atoms with Gasteiger partial charge in [-0.3, -0.25) is 4.90 Å². The Morgan fingerprint density at radius 2 is 1.67 bits per heavy atom. The molecule has 6 unspecified atom stereocenters. The second-order valence-corrected chi connectivity index (χ2v) is 16.6. The average Bonchev–Trinajstić information content (AvgIpc) is 3.18. The highest BCUT2D eigenvalue weighted by Gasteiger charge is 2.50. The normalized spacial score (nSPS) is 23.9. The van der Waals surface area contributed by atoms with Gasteiger partial charge < -0.3 is 48.5 Å². The third-order valence-corrected chi connectivity index (χ3v) is 11.0. The summed E-state index contributed by atoms with van der Waals surface area (Å²) in [6.07, 6.45) is -2.47. The number of alkyl carbamates (subject to hydrolysis) is 1. The lowest BCUT2D eigenvalue weighted by atomic mass is 9.80. The van der Waals surface area contributed by atoms with Crippen LogP contribution in [0.4, 0.5) is 4.79 Å². The van der Waals surface area contributed by atoms with Crippen LogP contribution in [0.15, 0.2) is 72.0 Å². The fourth-order valence-corrected chi connectivity index (χ4v) is 7.85. The molecule has 2 aromatic carbocycles. The van der Waals surface area contributed by atoms with E-state index in [1.807, 2.05) is 88.1 Å². The minimum Gasteiger partial charge on any atom is -0.456 e. The number of hydrogen-bond acceptors (Lipinski definition) is 13. The number of esters is 2. The number of carbonyl (C=O) groups is 3. The Kier molecular flexibility index (Phi) is 16.7. The molecule has 1 fully saturated rings. The first-order valence-electron chi connectivity index (χ1n) is 20.0. The second-order valence-electron chi connectivity index (χ2n) is 16.6. The van der Waals surface area contributed by atoms with Crippen LogP contribution in [-0.4, -0.2) is 129 Å². The molecule has 1 saturated heterocycles. The molecule has 14 nitrogen and oxygen atoms in total. The van der Waals surface area contributed by atoms with E-state index < -0.39 is 59.9 Å². The zero-order valence-corrected chi connectivity index (χ0v) is 36.1. The first-order valence-corrected chi connectivity index (χ1v) is 20.0. The van der Waals surface area contributed by atoms with E-state index in [-0.39, 0.29) is 37.8 Å². The molecule has 2 heterocycles. The molecule has 0 aromatic heterocycles. The van der Waals surface area contributed by atoms with Crippen LogP contribution in [0.1, 0.15) is 77.2 Å². The number of ether oxygens (including phenoxy) is 7. The van der Waals surface area contributed by atoms with E-state index in [0.717, 1.165) is 5.56 Å². The van der Waals surface area contributed by atoms with Gasteiger partial charge in [0.2, 0.25) is 5.79 Å². The minimum atomic E-state index is -1.23. The van der Waals surface area contributed by atoms with Crippen LogP contribution in [0, 0.1) is 11.8 Å². The summed E-state index contributed by atoms with van der Waals surface area (Å²) in [5, 5.41) is 13.1. The van der Waals surface area contributed by atoms with E-state index in [1.54, 1.807) is 52.1 Å². The highest BCUT2D eigenvalue weighted by Crippen LogP contribution is 2.41. The molecule has 0 spiro atoms. The van der Waals surface area contributed by atoms with Crippen LogP contribution in [0.2, 0.25) is 0 Å². The SMILES string of the molecule is COC(C)(C[C@@H](C)CN(C)C(CO)CNC(=O)OCc1ccccc1)[C@H](OC1OC(C)CC(N(C)C)C1OC(=O)c1ccccc1)[C@@H](C)C1=C(C)C(=O)OC(C)(C)O1. The first-order chi connectivity index (χ1) is 27.4. The standard InChI is InChI=1S/C44H65N3O11/c1-28(25-47(10)34(26-48)24-45-42(51)53-27-32-18-14-12-15-19-32)23-44(7,52-11)38(30(3)36-31(4)39(49)58-43(5,6)57-36)56-41-37(35(46(8)9)22-29(2)54-41)55-40(50)33-20-16-13-17-21-33/h12-21,28-30,34-35,37-38,41,48H,22-27H2,1-11H3,(H,45,51)/t28-,29?,30+,34?,35?,37?,38-,41?,44?/m1/s1. The lowest BCUT2D eigenvalue weighted by molar-refractivity contribution is -0.298. The fraction of sp³-hybridized carbons (Fsp3) is 0.614. The molecule has 58 heavy (non-hydrogen) atoms. The molecule has 0 radical (unpaired) electrons. The van der Waals surface area contributed by atoms with E-state index in [0.29, 0.717) is 36.3 Å². The quantitative estimate of drug-likeness (QED) is 0.135. The van der Waals surface area contributed by atoms with Crippen molar-refractivity contribution in [1.29, 1.82) is 0 Å². The number of amides is 1. The van der Waals surface area contributed by atoms with Crippen molar-refractivity contribution in [2.45, 2.75) is 116 Å². The van der Waals surface area contributed by atoms with Crippen molar-refractivity contribution in [1.82, 2.24) is 15.1 Å². The molecule has 4 rings (SSSR count). The van der Waals surface area contributed by atoms with Gasteiger partial charge in [0.1, 0.15) is 12.4 Å². The molecule has 2 aliphatic rings. The lowest BCUT2D eigenvalue weighted by Gasteiger charge is -2.48. The molecule has 2 aromatic rings. The van der Waals surface area contributed by atoms with Gasteiger partial charge in [-0.05, 0) is 78.4 Å². The van der Waals surface area contributed by atoms with Crippen LogP contribution in [-0.2, 0) is 44.6 Å². The number of nitrogens with one attached hydrogen (secondary N) is 1. The van der Waals surface area contributed by atoms with Crippen molar-refractivity contribution >= 4 is 18.0 Å². The number of nitrogens with zero attached hydrogens (tertiary/aromatic N) is 2. The number of carbonyl (C=O) groups excluding carboxylic acids is 3. The molecular weight excluding hydrogens is 746 g/mol. The van der Waals surface area contributed by atoms with Gasteiger partial charge >= 0.3 is 18.0 Å². The van der Waals surface area contributed by atoms with Crippen molar-refractivity contribution in [3.63, 3.8) is 0 Å². The predicted molar refractivity (Wildman–Crippen MR) is 217 cm³/mol. The van der Waals surface area contributed by atoms with Crippen molar-refractivity contribution < 1.29 is 52.6 Å². The Hall–Kier alpha value is -4.05. The lowest BCUT2D eigenvalue weighted by Crippen LogP contribution is -2.59. The number of aliphatic hydroxyl groups excluding tert-OH is 1. The van der Waals surface area contributed by atoms with Crippen molar-refractivity contribution in [3.05, 3.63) is 83.1 Å². The van der Waals surface area contributed by atoms with Gasteiger partial charge in [0.15, 0.2) is 12.4 Å². The average molecular weight is 812 g/mol. The smallest absolute Gasteiger partial charge is 0.407 e. The van der Waals surface area contributed by atoms with Gasteiger partial charge in [-0.2, -0.15) is 0 Å². The molecule has 2 aliphatic heterocycles. The highest BCUT2D eigenvalue weighted by atomic mass is 16.7. The third-order valence-electron chi connectivity index (χ3n) is 11.0. The third kappa shape index (κ3) is 12.5. The molecule has 1 amide bonds. The van der Waals surface area contributed by atoms with E-state index in [1.165, 1.54) is 0 Å².